The minimum atomic E-state index is -2.47. The Kier molecular flexibility index (Phi) is 5.08. The molecular formula is C10H18F2N2O2. The smallest absolute Gasteiger partial charge is 0.261 e. The van der Waals surface area contributed by atoms with E-state index in [-0.39, 0.29) is 24.5 Å². The van der Waals surface area contributed by atoms with E-state index in [9.17, 15) is 13.6 Å². The van der Waals surface area contributed by atoms with Gasteiger partial charge in [0.15, 0.2) is 0 Å². The van der Waals surface area contributed by atoms with Gasteiger partial charge in [0.25, 0.3) is 6.43 Å². The largest absolute Gasteiger partial charge is 0.375 e. The van der Waals surface area contributed by atoms with Crippen molar-refractivity contribution >= 4 is 5.91 Å². The second kappa shape index (κ2) is 6.10. The van der Waals surface area contributed by atoms with Gasteiger partial charge in [-0.05, 0) is 19.9 Å². The maximum absolute atomic E-state index is 11.7. The molecule has 1 saturated heterocycles. The molecule has 0 radical (unpaired) electrons. The van der Waals surface area contributed by atoms with Crippen molar-refractivity contribution in [2.75, 3.05) is 26.3 Å². The maximum Gasteiger partial charge on any atom is 0.261 e. The van der Waals surface area contributed by atoms with Crippen LogP contribution >= 0.6 is 0 Å². The molecule has 4 nitrogen and oxygen atoms in total. The lowest BCUT2D eigenvalue weighted by atomic mass is 10.0. The van der Waals surface area contributed by atoms with E-state index in [1.54, 1.807) is 0 Å². The zero-order valence-electron chi connectivity index (χ0n) is 9.39. The molecule has 6 heteroatoms. The summed E-state index contributed by atoms with van der Waals surface area (Å²) in [7, 11) is 0. The summed E-state index contributed by atoms with van der Waals surface area (Å²) in [6, 6.07) is 0. The Morgan fingerprint density at radius 3 is 2.94 bits per heavy atom. The number of nitrogens with one attached hydrogen (secondary N) is 2. The zero-order valence-corrected chi connectivity index (χ0v) is 9.39. The van der Waals surface area contributed by atoms with E-state index in [1.165, 1.54) is 0 Å². The number of hydrogen-bond acceptors (Lipinski definition) is 3. The predicted molar refractivity (Wildman–Crippen MR) is 55.5 cm³/mol. The van der Waals surface area contributed by atoms with Gasteiger partial charge in [0, 0.05) is 13.0 Å². The molecule has 0 aromatic heterocycles. The first kappa shape index (κ1) is 13.3. The first-order valence-electron chi connectivity index (χ1n) is 5.39. The van der Waals surface area contributed by atoms with Crippen LogP contribution in [-0.4, -0.2) is 44.2 Å². The summed E-state index contributed by atoms with van der Waals surface area (Å²) in [5, 5.41) is 6.03. The Bertz CT molecular complexity index is 231. The van der Waals surface area contributed by atoms with E-state index in [0.717, 1.165) is 19.5 Å². The number of carbonyl (C=O) groups is 1. The van der Waals surface area contributed by atoms with Gasteiger partial charge in [-0.2, -0.15) is 0 Å². The van der Waals surface area contributed by atoms with Gasteiger partial charge in [-0.3, -0.25) is 4.79 Å². The molecule has 0 aromatic rings. The van der Waals surface area contributed by atoms with Gasteiger partial charge >= 0.3 is 0 Å². The number of rotatable bonds is 6. The van der Waals surface area contributed by atoms with Gasteiger partial charge in [-0.15, -0.1) is 0 Å². The summed E-state index contributed by atoms with van der Waals surface area (Å²) < 4.78 is 28.1. The molecule has 0 spiro atoms. The molecule has 94 valence electrons. The Morgan fingerprint density at radius 1 is 1.62 bits per heavy atom. The summed E-state index contributed by atoms with van der Waals surface area (Å²) in [4.78, 5) is 11.4. The van der Waals surface area contributed by atoms with Gasteiger partial charge in [0.2, 0.25) is 5.91 Å². The molecule has 1 amide bonds. The van der Waals surface area contributed by atoms with Crippen LogP contribution in [0.1, 0.15) is 19.8 Å². The Hall–Kier alpha value is -0.750. The molecule has 1 rings (SSSR count). The molecule has 1 unspecified atom stereocenters. The quantitative estimate of drug-likeness (QED) is 0.661. The number of carbonyl (C=O) groups excluding carboxylic acids is 1. The summed E-state index contributed by atoms with van der Waals surface area (Å²) in [6.07, 6.45) is -1.46. The van der Waals surface area contributed by atoms with Crippen LogP contribution in [0.3, 0.4) is 0 Å². The highest BCUT2D eigenvalue weighted by atomic mass is 19.3. The average molecular weight is 236 g/mol. The van der Waals surface area contributed by atoms with Crippen molar-refractivity contribution in [3.63, 3.8) is 0 Å². The Labute approximate surface area is 93.7 Å². The highest BCUT2D eigenvalue weighted by Gasteiger charge is 2.29. The van der Waals surface area contributed by atoms with E-state index in [2.05, 4.69) is 15.4 Å². The molecule has 1 aliphatic rings. The molecule has 2 N–H and O–H groups in total. The fourth-order valence-corrected chi connectivity index (χ4v) is 1.66. The highest BCUT2D eigenvalue weighted by Crippen LogP contribution is 2.13. The van der Waals surface area contributed by atoms with Crippen LogP contribution < -0.4 is 10.6 Å². The van der Waals surface area contributed by atoms with Crippen molar-refractivity contribution in [2.24, 2.45) is 0 Å². The molecule has 1 aliphatic heterocycles. The van der Waals surface area contributed by atoms with Crippen molar-refractivity contribution in [1.82, 2.24) is 10.6 Å². The highest BCUT2D eigenvalue weighted by molar-refractivity contribution is 5.76. The molecule has 16 heavy (non-hydrogen) atoms. The monoisotopic (exact) mass is 236 g/mol. The zero-order chi connectivity index (χ0) is 12.0. The van der Waals surface area contributed by atoms with Crippen LogP contribution in [0.4, 0.5) is 8.78 Å². The standard InChI is InChI=1S/C10H18F2N2O2/c1-10(3-4-13-7-10)14-9(15)2-5-16-6-8(11)12/h8,13H,2-7H2,1H3,(H,14,15). The van der Waals surface area contributed by atoms with Crippen LogP contribution in [0.25, 0.3) is 0 Å². The lowest BCUT2D eigenvalue weighted by Gasteiger charge is -2.24. The number of hydrogen-bond donors (Lipinski definition) is 2. The van der Waals surface area contributed by atoms with Crippen molar-refractivity contribution in [3.8, 4) is 0 Å². The second-order valence-electron chi connectivity index (χ2n) is 4.25. The number of alkyl halides is 2. The molecule has 0 bridgehead atoms. The summed E-state index contributed by atoms with van der Waals surface area (Å²) in [5.74, 6) is -0.152. The van der Waals surface area contributed by atoms with Gasteiger partial charge in [0.1, 0.15) is 6.61 Å². The maximum atomic E-state index is 11.7. The van der Waals surface area contributed by atoms with Crippen LogP contribution in [0.15, 0.2) is 0 Å². The molecule has 1 fully saturated rings. The second-order valence-corrected chi connectivity index (χ2v) is 4.25. The fraction of sp³-hybridized carbons (Fsp3) is 0.900. The Balaban J connectivity index is 2.11. The van der Waals surface area contributed by atoms with Crippen LogP contribution in [0, 0.1) is 0 Å². The molecule has 0 aromatic carbocycles. The topological polar surface area (TPSA) is 50.4 Å². The molecule has 0 saturated carbocycles. The van der Waals surface area contributed by atoms with E-state index < -0.39 is 13.0 Å². The van der Waals surface area contributed by atoms with Gasteiger partial charge in [0.05, 0.1) is 12.1 Å². The van der Waals surface area contributed by atoms with Crippen molar-refractivity contribution < 1.29 is 18.3 Å². The first-order chi connectivity index (χ1) is 7.52. The number of amides is 1. The van der Waals surface area contributed by atoms with Crippen molar-refractivity contribution in [2.45, 2.75) is 31.7 Å². The predicted octanol–water partition coefficient (Wildman–Crippen LogP) is 0.526. The summed E-state index contributed by atoms with van der Waals surface area (Å²) in [6.45, 7) is 3.03. The molecule has 1 atom stereocenters. The van der Waals surface area contributed by atoms with Crippen molar-refractivity contribution in [3.05, 3.63) is 0 Å². The molecule has 0 aliphatic carbocycles. The van der Waals surface area contributed by atoms with Gasteiger partial charge in [-0.25, -0.2) is 8.78 Å². The van der Waals surface area contributed by atoms with E-state index in [0.29, 0.717) is 0 Å². The fourth-order valence-electron chi connectivity index (χ4n) is 1.66. The van der Waals surface area contributed by atoms with Gasteiger partial charge < -0.3 is 15.4 Å². The van der Waals surface area contributed by atoms with E-state index in [1.807, 2.05) is 6.92 Å². The molecular weight excluding hydrogens is 218 g/mol. The number of halogens is 2. The average Bonchev–Trinajstić information content (AvgIpc) is 2.59. The molecule has 1 heterocycles. The minimum Gasteiger partial charge on any atom is -0.375 e. The van der Waals surface area contributed by atoms with Crippen LogP contribution in [0.5, 0.6) is 0 Å². The first-order valence-corrected chi connectivity index (χ1v) is 5.39. The third-order valence-electron chi connectivity index (χ3n) is 2.53. The SMILES string of the molecule is CC1(NC(=O)CCOCC(F)F)CCNC1. The summed E-state index contributed by atoms with van der Waals surface area (Å²) >= 11 is 0. The van der Waals surface area contributed by atoms with Crippen LogP contribution in [0.2, 0.25) is 0 Å². The minimum absolute atomic E-state index is 0.0414. The van der Waals surface area contributed by atoms with Crippen molar-refractivity contribution in [1.29, 1.82) is 0 Å². The summed E-state index contributed by atoms with van der Waals surface area (Å²) in [5.41, 5.74) is -0.209. The third kappa shape index (κ3) is 4.85. The van der Waals surface area contributed by atoms with E-state index in [4.69, 9.17) is 0 Å². The lowest BCUT2D eigenvalue weighted by molar-refractivity contribution is -0.124. The normalized spacial score (nSPS) is 25.0. The van der Waals surface area contributed by atoms with Gasteiger partial charge in [-0.1, -0.05) is 0 Å². The Morgan fingerprint density at radius 2 is 2.38 bits per heavy atom. The third-order valence-corrected chi connectivity index (χ3v) is 2.53. The lowest BCUT2D eigenvalue weighted by Crippen LogP contribution is -2.47. The number of ether oxygens (including phenoxy) is 1. The van der Waals surface area contributed by atoms with Crippen LogP contribution in [-0.2, 0) is 9.53 Å². The van der Waals surface area contributed by atoms with E-state index >= 15 is 0 Å².